The van der Waals surface area contributed by atoms with Crippen LogP contribution in [0.15, 0.2) is 54.2 Å². The molecule has 0 radical (unpaired) electrons. The predicted molar refractivity (Wildman–Crippen MR) is 110 cm³/mol. The fraction of sp³-hybridized carbons (Fsp3) is 0.150. The third kappa shape index (κ3) is 4.30. The SMILES string of the molecule is O=C(CC[C@@H]1NC(=O)c2ccccc2NC1=O)Nc1nc(-c2cccnc2)cs1. The van der Waals surface area contributed by atoms with Crippen LogP contribution in [0.5, 0.6) is 0 Å². The number of thiazole rings is 1. The first kappa shape index (κ1) is 18.8. The van der Waals surface area contributed by atoms with Crippen molar-refractivity contribution in [3.63, 3.8) is 0 Å². The Labute approximate surface area is 170 Å². The Morgan fingerprint density at radius 1 is 1.17 bits per heavy atom. The van der Waals surface area contributed by atoms with E-state index in [1.165, 1.54) is 11.3 Å². The Bertz CT molecular complexity index is 1070. The normalized spacial score (nSPS) is 15.7. The fourth-order valence-corrected chi connectivity index (χ4v) is 3.69. The number of amides is 3. The van der Waals surface area contributed by atoms with E-state index in [4.69, 9.17) is 0 Å². The molecule has 3 aromatic rings. The maximum Gasteiger partial charge on any atom is 0.254 e. The summed E-state index contributed by atoms with van der Waals surface area (Å²) in [6.45, 7) is 0. The molecule has 0 spiro atoms. The van der Waals surface area contributed by atoms with E-state index in [-0.39, 0.29) is 30.6 Å². The summed E-state index contributed by atoms with van der Waals surface area (Å²) in [4.78, 5) is 45.4. The standard InChI is InChI=1S/C20H17N5O3S/c26-17(25-20-24-16(11-29-20)12-4-3-9-21-10-12)8-7-15-19(28)22-14-6-2-1-5-13(14)18(27)23-15/h1-6,9-11,15H,7-8H2,(H,22,28)(H,23,27)(H,24,25,26)/t15-/m0/s1. The molecule has 29 heavy (non-hydrogen) atoms. The molecule has 146 valence electrons. The minimum atomic E-state index is -0.789. The maximum absolute atomic E-state index is 12.4. The number of fused-ring (bicyclic) bond motifs is 1. The molecule has 9 heteroatoms. The molecular weight excluding hydrogens is 390 g/mol. The van der Waals surface area contributed by atoms with Crippen molar-refractivity contribution in [3.05, 3.63) is 59.7 Å². The van der Waals surface area contributed by atoms with E-state index in [1.54, 1.807) is 36.7 Å². The highest BCUT2D eigenvalue weighted by Gasteiger charge is 2.27. The number of pyridine rings is 1. The van der Waals surface area contributed by atoms with Gasteiger partial charge in [0.2, 0.25) is 11.8 Å². The molecule has 3 heterocycles. The van der Waals surface area contributed by atoms with Crippen LogP contribution in [-0.4, -0.2) is 33.7 Å². The zero-order valence-corrected chi connectivity index (χ0v) is 16.0. The minimum Gasteiger partial charge on any atom is -0.340 e. The van der Waals surface area contributed by atoms with Gasteiger partial charge in [0.1, 0.15) is 6.04 Å². The predicted octanol–water partition coefficient (Wildman–Crippen LogP) is 2.67. The molecule has 1 aliphatic rings. The van der Waals surface area contributed by atoms with Gasteiger partial charge in [-0.05, 0) is 30.7 Å². The Morgan fingerprint density at radius 3 is 2.86 bits per heavy atom. The number of benzene rings is 1. The van der Waals surface area contributed by atoms with Crippen molar-refractivity contribution < 1.29 is 14.4 Å². The number of nitrogens with zero attached hydrogens (tertiary/aromatic N) is 2. The molecule has 2 aromatic heterocycles. The molecule has 4 rings (SSSR count). The molecule has 8 nitrogen and oxygen atoms in total. The summed E-state index contributed by atoms with van der Waals surface area (Å²) in [7, 11) is 0. The van der Waals surface area contributed by atoms with E-state index in [2.05, 4.69) is 25.9 Å². The average molecular weight is 407 g/mol. The number of nitrogens with one attached hydrogen (secondary N) is 3. The van der Waals surface area contributed by atoms with Gasteiger partial charge in [-0.1, -0.05) is 12.1 Å². The molecule has 0 bridgehead atoms. The van der Waals surface area contributed by atoms with Crippen molar-refractivity contribution in [2.75, 3.05) is 10.6 Å². The van der Waals surface area contributed by atoms with E-state index in [9.17, 15) is 14.4 Å². The summed E-state index contributed by atoms with van der Waals surface area (Å²) < 4.78 is 0. The van der Waals surface area contributed by atoms with Crippen LogP contribution < -0.4 is 16.0 Å². The van der Waals surface area contributed by atoms with Crippen molar-refractivity contribution in [1.82, 2.24) is 15.3 Å². The first-order valence-corrected chi connectivity index (χ1v) is 9.84. The highest BCUT2D eigenvalue weighted by molar-refractivity contribution is 7.14. The molecule has 0 fully saturated rings. The van der Waals surface area contributed by atoms with E-state index < -0.39 is 6.04 Å². The van der Waals surface area contributed by atoms with Gasteiger partial charge in [0.05, 0.1) is 16.9 Å². The Morgan fingerprint density at radius 2 is 2.03 bits per heavy atom. The van der Waals surface area contributed by atoms with Crippen LogP contribution in [0.1, 0.15) is 23.2 Å². The molecule has 3 N–H and O–H groups in total. The molecule has 0 saturated heterocycles. The second-order valence-electron chi connectivity index (χ2n) is 6.43. The van der Waals surface area contributed by atoms with Crippen LogP contribution in [0.25, 0.3) is 11.3 Å². The minimum absolute atomic E-state index is 0.0660. The van der Waals surface area contributed by atoms with Crippen LogP contribution >= 0.6 is 11.3 Å². The van der Waals surface area contributed by atoms with Gasteiger partial charge in [0, 0.05) is 29.8 Å². The number of carbonyl (C=O) groups is 3. The van der Waals surface area contributed by atoms with Crippen molar-refractivity contribution in [2.24, 2.45) is 0 Å². The van der Waals surface area contributed by atoms with E-state index in [1.807, 2.05) is 17.5 Å². The first-order chi connectivity index (χ1) is 14.1. The maximum atomic E-state index is 12.4. The number of aromatic nitrogens is 2. The number of para-hydroxylation sites is 1. The Hall–Kier alpha value is -3.59. The summed E-state index contributed by atoms with van der Waals surface area (Å²) in [6.07, 6.45) is 3.63. The summed E-state index contributed by atoms with van der Waals surface area (Å²) in [5.74, 6) is -0.962. The van der Waals surface area contributed by atoms with Gasteiger partial charge < -0.3 is 16.0 Å². The van der Waals surface area contributed by atoms with Gasteiger partial charge >= 0.3 is 0 Å². The van der Waals surface area contributed by atoms with Gasteiger partial charge in [-0.25, -0.2) is 4.98 Å². The first-order valence-electron chi connectivity index (χ1n) is 8.97. The van der Waals surface area contributed by atoms with Gasteiger partial charge in [-0.15, -0.1) is 11.3 Å². The lowest BCUT2D eigenvalue weighted by molar-refractivity contribution is -0.118. The average Bonchev–Trinajstić information content (AvgIpc) is 3.15. The lowest BCUT2D eigenvalue weighted by Crippen LogP contribution is -2.41. The molecule has 3 amide bonds. The van der Waals surface area contributed by atoms with Gasteiger partial charge in [0.25, 0.3) is 5.91 Å². The fourth-order valence-electron chi connectivity index (χ4n) is 2.95. The third-order valence-corrected chi connectivity index (χ3v) is 5.18. The zero-order chi connectivity index (χ0) is 20.2. The topological polar surface area (TPSA) is 113 Å². The van der Waals surface area contributed by atoms with Crippen molar-refractivity contribution in [1.29, 1.82) is 0 Å². The van der Waals surface area contributed by atoms with Gasteiger partial charge in [0.15, 0.2) is 5.13 Å². The molecule has 0 aliphatic carbocycles. The molecule has 0 saturated carbocycles. The molecular formula is C20H17N5O3S. The summed E-state index contributed by atoms with van der Waals surface area (Å²) in [5.41, 5.74) is 2.46. The quantitative estimate of drug-likeness (QED) is 0.602. The highest BCUT2D eigenvalue weighted by Crippen LogP contribution is 2.24. The lowest BCUT2D eigenvalue weighted by Gasteiger charge is -2.13. The van der Waals surface area contributed by atoms with Crippen molar-refractivity contribution in [2.45, 2.75) is 18.9 Å². The van der Waals surface area contributed by atoms with E-state index >= 15 is 0 Å². The van der Waals surface area contributed by atoms with Crippen LogP contribution in [-0.2, 0) is 9.59 Å². The summed E-state index contributed by atoms with van der Waals surface area (Å²) in [6, 6.07) is 9.70. The molecule has 1 atom stereocenters. The Kier molecular flexibility index (Phi) is 5.30. The van der Waals surface area contributed by atoms with Crippen LogP contribution in [0.4, 0.5) is 10.8 Å². The summed E-state index contributed by atoms with van der Waals surface area (Å²) >= 11 is 1.31. The van der Waals surface area contributed by atoms with E-state index in [0.717, 1.165) is 11.3 Å². The van der Waals surface area contributed by atoms with Gasteiger partial charge in [-0.3, -0.25) is 19.4 Å². The number of hydrogen-bond acceptors (Lipinski definition) is 6. The second-order valence-corrected chi connectivity index (χ2v) is 7.29. The van der Waals surface area contributed by atoms with Crippen LogP contribution in [0.2, 0.25) is 0 Å². The molecule has 1 aliphatic heterocycles. The van der Waals surface area contributed by atoms with Crippen LogP contribution in [0.3, 0.4) is 0 Å². The highest BCUT2D eigenvalue weighted by atomic mass is 32.1. The van der Waals surface area contributed by atoms with Gasteiger partial charge in [-0.2, -0.15) is 0 Å². The number of anilines is 2. The second kappa shape index (κ2) is 8.19. The molecule has 0 unspecified atom stereocenters. The van der Waals surface area contributed by atoms with E-state index in [0.29, 0.717) is 16.4 Å². The van der Waals surface area contributed by atoms with Crippen LogP contribution in [0, 0.1) is 0 Å². The van der Waals surface area contributed by atoms with Crippen molar-refractivity contribution in [3.8, 4) is 11.3 Å². The summed E-state index contributed by atoms with van der Waals surface area (Å²) in [5, 5.41) is 10.4. The monoisotopic (exact) mass is 407 g/mol. The number of carbonyl (C=O) groups excluding carboxylic acids is 3. The zero-order valence-electron chi connectivity index (χ0n) is 15.2. The Balaban J connectivity index is 1.35. The number of rotatable bonds is 5. The smallest absolute Gasteiger partial charge is 0.254 e. The third-order valence-electron chi connectivity index (χ3n) is 4.42. The van der Waals surface area contributed by atoms with Crippen molar-refractivity contribution >= 4 is 39.9 Å². The lowest BCUT2D eigenvalue weighted by atomic mass is 10.1. The molecule has 1 aromatic carbocycles. The number of hydrogen-bond donors (Lipinski definition) is 3. The largest absolute Gasteiger partial charge is 0.340 e.